The van der Waals surface area contributed by atoms with E-state index < -0.39 is 29.6 Å². The number of rotatable bonds is 13. The Bertz CT molecular complexity index is 1540. The number of nitrogens with one attached hydrogen (secondary N) is 1. The zero-order valence-corrected chi connectivity index (χ0v) is 28.2. The van der Waals surface area contributed by atoms with Crippen molar-refractivity contribution in [2.24, 2.45) is 0 Å². The lowest BCUT2D eigenvalue weighted by Gasteiger charge is -2.43. The molecule has 0 spiro atoms. The van der Waals surface area contributed by atoms with Gasteiger partial charge in [0.2, 0.25) is 5.91 Å². The highest BCUT2D eigenvalue weighted by Crippen LogP contribution is 2.45. The second-order valence-electron chi connectivity index (χ2n) is 12.5. The maximum atomic E-state index is 14.2. The molecule has 3 aromatic rings. The Morgan fingerprint density at radius 2 is 1.74 bits per heavy atom. The minimum absolute atomic E-state index is 0.0446. The lowest BCUT2D eigenvalue weighted by Crippen LogP contribution is -2.50. The van der Waals surface area contributed by atoms with Gasteiger partial charge in [0.1, 0.15) is 11.4 Å². The SMILES string of the molecule is CCCC[C@H](O)CN1C(=O)c2ccccc2[C@@H](C(=O)NCCc2ccccc2OCC(=O)OC(C)(C)C)[C@@H]1c1ccc(Cl)cc1Cl. The van der Waals surface area contributed by atoms with Gasteiger partial charge in [0.15, 0.2) is 6.61 Å². The van der Waals surface area contributed by atoms with Gasteiger partial charge in [0.25, 0.3) is 5.91 Å². The van der Waals surface area contributed by atoms with Crippen molar-refractivity contribution < 1.29 is 29.0 Å². The number of ether oxygens (including phenoxy) is 2. The number of aliphatic hydroxyl groups is 1. The third kappa shape index (κ3) is 9.02. The first-order chi connectivity index (χ1) is 21.9. The molecule has 0 unspecified atom stereocenters. The largest absolute Gasteiger partial charge is 0.482 e. The Balaban J connectivity index is 1.60. The number of unbranched alkanes of at least 4 members (excludes halogenated alkanes) is 1. The van der Waals surface area contributed by atoms with Gasteiger partial charge in [-0.3, -0.25) is 9.59 Å². The summed E-state index contributed by atoms with van der Waals surface area (Å²) in [4.78, 5) is 41.9. The highest BCUT2D eigenvalue weighted by Gasteiger charge is 2.45. The molecule has 0 aliphatic carbocycles. The van der Waals surface area contributed by atoms with Gasteiger partial charge in [-0.05, 0) is 74.6 Å². The van der Waals surface area contributed by atoms with E-state index in [2.05, 4.69) is 5.32 Å². The molecule has 1 aliphatic rings. The maximum Gasteiger partial charge on any atom is 0.344 e. The van der Waals surface area contributed by atoms with Crippen LogP contribution in [-0.2, 0) is 20.7 Å². The van der Waals surface area contributed by atoms with Gasteiger partial charge in [-0.1, -0.05) is 85.4 Å². The molecular weight excluding hydrogens is 627 g/mol. The van der Waals surface area contributed by atoms with E-state index in [0.717, 1.165) is 18.4 Å². The third-order valence-corrected chi connectivity index (χ3v) is 8.29. The van der Waals surface area contributed by atoms with Crippen LogP contribution in [-0.4, -0.2) is 59.2 Å². The van der Waals surface area contributed by atoms with Crippen LogP contribution in [0.15, 0.2) is 66.7 Å². The normalized spacial score (nSPS) is 16.8. The number of nitrogens with zero attached hydrogens (tertiary/aromatic N) is 1. The van der Waals surface area contributed by atoms with Crippen molar-refractivity contribution in [1.29, 1.82) is 0 Å². The highest BCUT2D eigenvalue weighted by atomic mass is 35.5. The molecule has 1 heterocycles. The second kappa shape index (κ2) is 15.8. The lowest BCUT2D eigenvalue weighted by molar-refractivity contribution is -0.157. The summed E-state index contributed by atoms with van der Waals surface area (Å²) in [5.41, 5.74) is 1.75. The Morgan fingerprint density at radius 3 is 2.46 bits per heavy atom. The summed E-state index contributed by atoms with van der Waals surface area (Å²) in [5, 5.41) is 14.8. The molecule has 246 valence electrons. The molecule has 0 saturated carbocycles. The minimum atomic E-state index is -0.815. The zero-order chi connectivity index (χ0) is 33.4. The predicted octanol–water partition coefficient (Wildman–Crippen LogP) is 6.90. The van der Waals surface area contributed by atoms with Crippen LogP contribution in [0.5, 0.6) is 5.75 Å². The lowest BCUT2D eigenvalue weighted by atomic mass is 9.79. The van der Waals surface area contributed by atoms with Gasteiger partial charge >= 0.3 is 5.97 Å². The number of para-hydroxylation sites is 1. The van der Waals surface area contributed by atoms with Gasteiger partial charge in [0, 0.05) is 28.7 Å². The Kier molecular flexibility index (Phi) is 12.1. The van der Waals surface area contributed by atoms with Crippen molar-refractivity contribution in [3.8, 4) is 5.75 Å². The number of fused-ring (bicyclic) bond motifs is 1. The summed E-state index contributed by atoms with van der Waals surface area (Å²) in [5.74, 6) is -1.34. The molecule has 0 fully saturated rings. The number of carbonyl (C=O) groups excluding carboxylic acids is 3. The molecule has 1 aliphatic heterocycles. The van der Waals surface area contributed by atoms with E-state index in [1.165, 1.54) is 0 Å². The predicted molar refractivity (Wildman–Crippen MR) is 179 cm³/mol. The van der Waals surface area contributed by atoms with Crippen LogP contribution in [0.1, 0.15) is 86.0 Å². The van der Waals surface area contributed by atoms with Crippen molar-refractivity contribution in [2.75, 3.05) is 19.7 Å². The summed E-state index contributed by atoms with van der Waals surface area (Å²) in [6.07, 6.45) is 1.88. The molecule has 3 atom stereocenters. The van der Waals surface area contributed by atoms with Crippen LogP contribution < -0.4 is 10.1 Å². The molecule has 46 heavy (non-hydrogen) atoms. The summed E-state index contributed by atoms with van der Waals surface area (Å²) in [6, 6.07) is 18.6. The molecule has 0 saturated heterocycles. The fourth-order valence-corrected chi connectivity index (χ4v) is 6.23. The van der Waals surface area contributed by atoms with Crippen molar-refractivity contribution in [2.45, 2.75) is 77.0 Å². The molecule has 0 radical (unpaired) electrons. The summed E-state index contributed by atoms with van der Waals surface area (Å²) < 4.78 is 11.1. The van der Waals surface area contributed by atoms with Gasteiger partial charge in [-0.2, -0.15) is 0 Å². The Morgan fingerprint density at radius 1 is 1.02 bits per heavy atom. The highest BCUT2D eigenvalue weighted by molar-refractivity contribution is 6.35. The first-order valence-electron chi connectivity index (χ1n) is 15.6. The van der Waals surface area contributed by atoms with Crippen molar-refractivity contribution >= 4 is 41.0 Å². The number of esters is 1. The summed E-state index contributed by atoms with van der Waals surface area (Å²) in [6.45, 7) is 7.49. The fourth-order valence-electron chi connectivity index (χ4n) is 5.71. The standard InChI is InChI=1S/C36H42Cl2N2O6/c1-5-6-12-25(41)21-40-33(28-17-16-24(37)20-29(28)38)32(26-13-8-9-14-27(26)35(40)44)34(43)39-19-18-23-11-7-10-15-30(23)45-22-31(42)46-36(2,3)4/h7-11,13-17,20,25,32-33,41H,5-6,12,18-19,21-22H2,1-4H3,(H,39,43)/t25-,32+,33-/m0/s1. The van der Waals surface area contributed by atoms with Gasteiger partial charge in [-0.25, -0.2) is 4.79 Å². The van der Waals surface area contributed by atoms with Crippen LogP contribution >= 0.6 is 23.2 Å². The van der Waals surface area contributed by atoms with Crippen molar-refractivity contribution in [3.63, 3.8) is 0 Å². The maximum absolute atomic E-state index is 14.2. The average Bonchev–Trinajstić information content (AvgIpc) is 3.00. The Labute approximate surface area is 281 Å². The van der Waals surface area contributed by atoms with Crippen molar-refractivity contribution in [3.05, 3.63) is 99.0 Å². The molecule has 0 bridgehead atoms. The van der Waals surface area contributed by atoms with E-state index in [9.17, 15) is 19.5 Å². The molecule has 2 N–H and O–H groups in total. The molecule has 0 aromatic heterocycles. The van der Waals surface area contributed by atoms with Gasteiger partial charge in [0.05, 0.1) is 18.1 Å². The summed E-state index contributed by atoms with van der Waals surface area (Å²) in [7, 11) is 0. The smallest absolute Gasteiger partial charge is 0.344 e. The molecule has 3 aromatic carbocycles. The number of hydrogen-bond donors (Lipinski definition) is 2. The molecule has 10 heteroatoms. The van der Waals surface area contributed by atoms with Crippen LogP contribution in [0.4, 0.5) is 0 Å². The third-order valence-electron chi connectivity index (χ3n) is 7.73. The van der Waals surface area contributed by atoms with Gasteiger partial charge in [-0.15, -0.1) is 0 Å². The molecule has 2 amide bonds. The number of hydrogen-bond acceptors (Lipinski definition) is 6. The number of aliphatic hydroxyl groups excluding tert-OH is 1. The number of carbonyl (C=O) groups is 3. The van der Waals surface area contributed by atoms with E-state index in [1.807, 2.05) is 25.1 Å². The fraction of sp³-hybridized carbons (Fsp3) is 0.417. The van der Waals surface area contributed by atoms with E-state index in [0.29, 0.717) is 45.3 Å². The molecule has 4 rings (SSSR count). The number of β-amino-alcohol motifs (C(OH)–C–C–N with tert-alkyl or cyclic N) is 1. The topological polar surface area (TPSA) is 105 Å². The van der Waals surface area contributed by atoms with Crippen LogP contribution in [0.3, 0.4) is 0 Å². The molecular formula is C36H42Cl2N2O6. The van der Waals surface area contributed by atoms with Crippen LogP contribution in [0.25, 0.3) is 0 Å². The minimum Gasteiger partial charge on any atom is -0.482 e. The van der Waals surface area contributed by atoms with Crippen LogP contribution in [0.2, 0.25) is 10.0 Å². The van der Waals surface area contributed by atoms with E-state index in [1.54, 1.807) is 74.2 Å². The number of benzene rings is 3. The average molecular weight is 670 g/mol. The first kappa shape index (κ1) is 35.3. The zero-order valence-electron chi connectivity index (χ0n) is 26.7. The van der Waals surface area contributed by atoms with Crippen LogP contribution in [0, 0.1) is 0 Å². The Hall–Kier alpha value is -3.59. The monoisotopic (exact) mass is 668 g/mol. The van der Waals surface area contributed by atoms with Crippen molar-refractivity contribution in [1.82, 2.24) is 10.2 Å². The van der Waals surface area contributed by atoms with E-state index in [-0.39, 0.29) is 31.5 Å². The van der Waals surface area contributed by atoms with Gasteiger partial charge < -0.3 is 24.8 Å². The van der Waals surface area contributed by atoms with E-state index in [4.69, 9.17) is 32.7 Å². The molecule has 8 nitrogen and oxygen atoms in total. The second-order valence-corrected chi connectivity index (χ2v) is 13.3. The number of halogens is 2. The number of amides is 2. The summed E-state index contributed by atoms with van der Waals surface area (Å²) >= 11 is 12.9. The quantitative estimate of drug-likeness (QED) is 0.192. The van der Waals surface area contributed by atoms with E-state index >= 15 is 0 Å². The first-order valence-corrected chi connectivity index (χ1v) is 16.4.